The smallest absolute Gasteiger partial charge is 0.328 e. The number of aromatic amines is 1. The van der Waals surface area contributed by atoms with Crippen LogP contribution in [0.5, 0.6) is 5.75 Å². The number of halogens is 1. The van der Waals surface area contributed by atoms with Crippen LogP contribution in [0.3, 0.4) is 0 Å². The number of esters is 1. The average Bonchev–Trinajstić information content (AvgIpc) is 3.35. The second-order valence-electron chi connectivity index (χ2n) is 11.6. The number of carbonyl (C=O) groups is 4. The third kappa shape index (κ3) is 7.18. The predicted molar refractivity (Wildman–Crippen MR) is 144 cm³/mol. The summed E-state index contributed by atoms with van der Waals surface area (Å²) in [5.41, 5.74) is 0.103. The molecule has 1 aromatic heterocycles. The molecule has 1 saturated heterocycles. The van der Waals surface area contributed by atoms with E-state index < -0.39 is 41.3 Å². The van der Waals surface area contributed by atoms with Gasteiger partial charge in [0.1, 0.15) is 23.5 Å². The van der Waals surface area contributed by atoms with Crippen LogP contribution in [-0.2, 0) is 19.1 Å². The van der Waals surface area contributed by atoms with Crippen LogP contribution in [0.15, 0.2) is 18.2 Å². The maximum Gasteiger partial charge on any atom is 0.328 e. The molecule has 208 valence electrons. The fraction of sp³-hybridized carbons (Fsp3) is 0.556. The van der Waals surface area contributed by atoms with Gasteiger partial charge in [0.05, 0.1) is 19.7 Å². The number of methoxy groups -OCH3 is 2. The molecule has 1 aliphatic rings. The van der Waals surface area contributed by atoms with E-state index in [-0.39, 0.29) is 23.4 Å². The molecule has 0 spiro atoms. The number of fused-ring (bicyclic) bond motifs is 1. The first-order valence-corrected chi connectivity index (χ1v) is 12.9. The molecular formula is C27H37ClN4O6. The van der Waals surface area contributed by atoms with Gasteiger partial charge in [-0.05, 0) is 56.7 Å². The summed E-state index contributed by atoms with van der Waals surface area (Å²) < 4.78 is 10.3. The molecule has 4 N–H and O–H groups in total. The largest absolute Gasteiger partial charge is 0.496 e. The lowest BCUT2D eigenvalue weighted by molar-refractivity contribution is -0.146. The van der Waals surface area contributed by atoms with Crippen LogP contribution in [0.4, 0.5) is 0 Å². The zero-order chi connectivity index (χ0) is 28.4. The number of carbonyl (C=O) groups excluding carboxylic acids is 4. The van der Waals surface area contributed by atoms with Crippen LogP contribution in [0, 0.1) is 11.3 Å². The van der Waals surface area contributed by atoms with Crippen molar-refractivity contribution in [2.45, 2.75) is 71.5 Å². The highest BCUT2D eigenvalue weighted by Gasteiger charge is 2.40. The summed E-state index contributed by atoms with van der Waals surface area (Å²) in [5.74, 6) is -1.83. The minimum atomic E-state index is -1.05. The first-order chi connectivity index (χ1) is 17.6. The van der Waals surface area contributed by atoms with Gasteiger partial charge in [0, 0.05) is 21.9 Å². The van der Waals surface area contributed by atoms with Gasteiger partial charge in [0.15, 0.2) is 0 Å². The quantitative estimate of drug-likeness (QED) is 0.355. The van der Waals surface area contributed by atoms with E-state index in [1.807, 2.05) is 34.6 Å². The number of H-pyrrole nitrogens is 1. The van der Waals surface area contributed by atoms with Gasteiger partial charge in [-0.3, -0.25) is 14.4 Å². The summed E-state index contributed by atoms with van der Waals surface area (Å²) in [6.45, 7) is 9.63. The van der Waals surface area contributed by atoms with Gasteiger partial charge in [-0.2, -0.15) is 0 Å². The Morgan fingerprint density at radius 1 is 1.13 bits per heavy atom. The topological polar surface area (TPSA) is 139 Å². The minimum absolute atomic E-state index is 0.0897. The van der Waals surface area contributed by atoms with Crippen molar-refractivity contribution in [1.82, 2.24) is 20.9 Å². The van der Waals surface area contributed by atoms with Crippen LogP contribution < -0.4 is 20.7 Å². The standard InChI is InChI=1S/C27H37ClN4O6/c1-26(2,3)13-20(31-23(34)18-11-16-17(29-18)9-15(28)10-21(16)37-6)24(35)30-19(25(36)38-7)8-14-12-27(4,5)32-22(14)33/h9-11,14,19-20,29H,8,12-13H2,1-7H3,(H,30,35)(H,31,34)(H,32,33)/t14-,19?,20?/m1/s1. The Balaban J connectivity index is 1.81. The Bertz CT molecular complexity index is 1230. The van der Waals surface area contributed by atoms with Crippen molar-refractivity contribution in [3.63, 3.8) is 0 Å². The number of hydrogen-bond donors (Lipinski definition) is 4. The third-order valence-corrected chi connectivity index (χ3v) is 6.70. The maximum absolute atomic E-state index is 13.4. The Kier molecular flexibility index (Phi) is 8.65. The Labute approximate surface area is 227 Å². The average molecular weight is 549 g/mol. The van der Waals surface area contributed by atoms with Gasteiger partial charge in [-0.1, -0.05) is 32.4 Å². The second kappa shape index (κ2) is 11.2. The number of aromatic nitrogens is 1. The van der Waals surface area contributed by atoms with Gasteiger partial charge < -0.3 is 30.4 Å². The molecule has 2 aromatic rings. The van der Waals surface area contributed by atoms with Crippen LogP contribution in [-0.4, -0.2) is 60.5 Å². The van der Waals surface area contributed by atoms with Gasteiger partial charge in [0.25, 0.3) is 5.91 Å². The van der Waals surface area contributed by atoms with Crippen molar-refractivity contribution >= 4 is 46.2 Å². The molecule has 1 fully saturated rings. The summed E-state index contributed by atoms with van der Waals surface area (Å²) >= 11 is 6.15. The zero-order valence-electron chi connectivity index (χ0n) is 22.9. The Hall–Kier alpha value is -3.27. The predicted octanol–water partition coefficient (Wildman–Crippen LogP) is 3.33. The van der Waals surface area contributed by atoms with Crippen LogP contribution in [0.1, 0.15) is 64.4 Å². The number of hydrogen-bond acceptors (Lipinski definition) is 6. The molecule has 3 amide bonds. The van der Waals surface area contributed by atoms with E-state index in [1.165, 1.54) is 14.2 Å². The lowest BCUT2D eigenvalue weighted by Crippen LogP contribution is -2.53. The number of ether oxygens (including phenoxy) is 2. The number of rotatable bonds is 9. The summed E-state index contributed by atoms with van der Waals surface area (Å²) in [5, 5.41) is 9.52. The van der Waals surface area contributed by atoms with Crippen molar-refractivity contribution in [3.8, 4) is 5.75 Å². The highest BCUT2D eigenvalue weighted by molar-refractivity contribution is 6.31. The van der Waals surface area contributed by atoms with Crippen LogP contribution in [0.25, 0.3) is 10.9 Å². The molecule has 38 heavy (non-hydrogen) atoms. The number of amides is 3. The van der Waals surface area contributed by atoms with Gasteiger partial charge >= 0.3 is 5.97 Å². The lowest BCUT2D eigenvalue weighted by atomic mass is 9.87. The molecule has 2 heterocycles. The molecule has 0 saturated carbocycles. The summed E-state index contributed by atoms with van der Waals surface area (Å²) in [4.78, 5) is 54.7. The molecule has 3 atom stereocenters. The summed E-state index contributed by atoms with van der Waals surface area (Å²) in [6, 6.07) is 2.95. The third-order valence-electron chi connectivity index (χ3n) is 6.48. The van der Waals surface area contributed by atoms with Crippen molar-refractivity contribution < 1.29 is 28.7 Å². The molecule has 1 aliphatic heterocycles. The van der Waals surface area contributed by atoms with Crippen molar-refractivity contribution in [3.05, 3.63) is 28.9 Å². The van der Waals surface area contributed by atoms with E-state index in [1.54, 1.807) is 18.2 Å². The second-order valence-corrected chi connectivity index (χ2v) is 12.1. The maximum atomic E-state index is 13.4. The van der Waals surface area contributed by atoms with E-state index in [4.69, 9.17) is 21.1 Å². The first kappa shape index (κ1) is 29.3. The van der Waals surface area contributed by atoms with Crippen LogP contribution >= 0.6 is 11.6 Å². The molecule has 1 aromatic carbocycles. The SMILES string of the molecule is COC(=O)C(C[C@@H]1CC(C)(C)NC1=O)NC(=O)C(CC(C)(C)C)NC(=O)c1cc2c(OC)cc(Cl)cc2[nH]1. The van der Waals surface area contributed by atoms with Crippen LogP contribution in [0.2, 0.25) is 5.02 Å². The van der Waals surface area contributed by atoms with Crippen molar-refractivity contribution in [1.29, 1.82) is 0 Å². The summed E-state index contributed by atoms with van der Waals surface area (Å²) in [7, 11) is 2.74. The monoisotopic (exact) mass is 548 g/mol. The van der Waals surface area contributed by atoms with E-state index in [0.29, 0.717) is 34.5 Å². The molecule has 0 bridgehead atoms. The fourth-order valence-electron chi connectivity index (χ4n) is 4.82. The normalized spacial score (nSPS) is 18.4. The fourth-order valence-corrected chi connectivity index (χ4v) is 5.03. The van der Waals surface area contributed by atoms with Gasteiger partial charge in [-0.25, -0.2) is 4.79 Å². The first-order valence-electron chi connectivity index (χ1n) is 12.5. The summed E-state index contributed by atoms with van der Waals surface area (Å²) in [6.07, 6.45) is 0.905. The molecular weight excluding hydrogens is 512 g/mol. The molecule has 3 rings (SSSR count). The van der Waals surface area contributed by atoms with Gasteiger partial charge in [0.2, 0.25) is 11.8 Å². The Morgan fingerprint density at radius 2 is 1.82 bits per heavy atom. The molecule has 11 heteroatoms. The van der Waals surface area contributed by atoms with Gasteiger partial charge in [-0.15, -0.1) is 0 Å². The molecule has 0 aliphatic carbocycles. The van der Waals surface area contributed by atoms with Crippen molar-refractivity contribution in [2.24, 2.45) is 11.3 Å². The number of benzene rings is 1. The number of nitrogens with one attached hydrogen (secondary N) is 4. The lowest BCUT2D eigenvalue weighted by Gasteiger charge is -2.28. The van der Waals surface area contributed by atoms with E-state index in [0.717, 1.165) is 0 Å². The molecule has 10 nitrogen and oxygen atoms in total. The van der Waals surface area contributed by atoms with E-state index in [9.17, 15) is 19.2 Å². The van der Waals surface area contributed by atoms with E-state index >= 15 is 0 Å². The molecule has 2 unspecified atom stereocenters. The van der Waals surface area contributed by atoms with E-state index in [2.05, 4.69) is 20.9 Å². The molecule has 0 radical (unpaired) electrons. The highest BCUT2D eigenvalue weighted by Crippen LogP contribution is 2.31. The van der Waals surface area contributed by atoms with Crippen molar-refractivity contribution in [2.75, 3.05) is 14.2 Å². The Morgan fingerprint density at radius 3 is 2.37 bits per heavy atom. The highest BCUT2D eigenvalue weighted by atomic mass is 35.5. The zero-order valence-corrected chi connectivity index (χ0v) is 23.7. The minimum Gasteiger partial charge on any atom is -0.496 e.